The Morgan fingerprint density at radius 2 is 1.77 bits per heavy atom. The number of rotatable bonds is 4. The van der Waals surface area contributed by atoms with Crippen LogP contribution in [0.2, 0.25) is 0 Å². The van der Waals surface area contributed by atoms with Gasteiger partial charge in [-0.2, -0.15) is 5.26 Å². The molecular formula is C22H21FN4O2S. The van der Waals surface area contributed by atoms with E-state index in [1.165, 1.54) is 30.5 Å². The van der Waals surface area contributed by atoms with Crippen molar-refractivity contribution >= 4 is 15.8 Å². The van der Waals surface area contributed by atoms with Gasteiger partial charge in [-0.25, -0.2) is 22.5 Å². The summed E-state index contributed by atoms with van der Waals surface area (Å²) in [5.41, 5.74) is 6.39. The molecule has 3 aromatic rings. The Hall–Kier alpha value is -3.28. The van der Waals surface area contributed by atoms with Crippen LogP contribution >= 0.6 is 0 Å². The molecule has 30 heavy (non-hydrogen) atoms. The molecule has 0 aliphatic rings. The van der Waals surface area contributed by atoms with Crippen molar-refractivity contribution in [3.05, 3.63) is 66.1 Å². The normalized spacial score (nSPS) is 11.8. The predicted molar refractivity (Wildman–Crippen MR) is 114 cm³/mol. The third-order valence-corrected chi connectivity index (χ3v) is 6.05. The van der Waals surface area contributed by atoms with Crippen molar-refractivity contribution in [2.75, 3.05) is 5.73 Å². The summed E-state index contributed by atoms with van der Waals surface area (Å²) in [4.78, 5) is 3.99. The topological polar surface area (TPSA) is 109 Å². The van der Waals surface area contributed by atoms with Crippen molar-refractivity contribution in [2.24, 2.45) is 0 Å². The lowest BCUT2D eigenvalue weighted by atomic mass is 9.98. The molecule has 0 bridgehead atoms. The molecule has 0 aliphatic carbocycles. The van der Waals surface area contributed by atoms with Gasteiger partial charge >= 0.3 is 0 Å². The van der Waals surface area contributed by atoms with Crippen LogP contribution in [-0.4, -0.2) is 18.9 Å². The van der Waals surface area contributed by atoms with Crippen molar-refractivity contribution in [2.45, 2.75) is 31.2 Å². The van der Waals surface area contributed by atoms with Gasteiger partial charge in [0.2, 0.25) is 10.0 Å². The second kappa shape index (κ2) is 7.86. The number of sulfonamides is 1. The number of hydrogen-bond donors (Lipinski definition) is 2. The first-order valence-electron chi connectivity index (χ1n) is 9.11. The number of benzene rings is 2. The highest BCUT2D eigenvalue weighted by Gasteiger charge is 2.25. The summed E-state index contributed by atoms with van der Waals surface area (Å²) in [5.74, 6) is -0.440. The van der Waals surface area contributed by atoms with Gasteiger partial charge in [-0.3, -0.25) is 0 Å². The number of hydrogen-bond acceptors (Lipinski definition) is 5. The minimum Gasteiger partial charge on any atom is -0.384 e. The van der Waals surface area contributed by atoms with Gasteiger partial charge in [-0.15, -0.1) is 0 Å². The maximum Gasteiger partial charge on any atom is 0.241 e. The number of aromatic nitrogens is 1. The van der Waals surface area contributed by atoms with Crippen molar-refractivity contribution in [1.82, 2.24) is 9.71 Å². The lowest BCUT2D eigenvalue weighted by Crippen LogP contribution is -2.40. The molecule has 0 spiro atoms. The van der Waals surface area contributed by atoms with Crippen LogP contribution in [0.4, 0.5) is 10.2 Å². The van der Waals surface area contributed by atoms with Crippen LogP contribution in [0.5, 0.6) is 0 Å². The van der Waals surface area contributed by atoms with Gasteiger partial charge in [0.15, 0.2) is 0 Å². The largest absolute Gasteiger partial charge is 0.384 e. The van der Waals surface area contributed by atoms with Crippen molar-refractivity contribution in [3.8, 4) is 28.3 Å². The van der Waals surface area contributed by atoms with Crippen molar-refractivity contribution in [1.29, 1.82) is 5.26 Å². The number of pyridine rings is 1. The van der Waals surface area contributed by atoms with Gasteiger partial charge in [-0.1, -0.05) is 30.3 Å². The summed E-state index contributed by atoms with van der Waals surface area (Å²) >= 11 is 0. The molecule has 1 heterocycles. The van der Waals surface area contributed by atoms with Crippen molar-refractivity contribution in [3.63, 3.8) is 0 Å². The van der Waals surface area contributed by atoms with E-state index >= 15 is 4.39 Å². The Balaban J connectivity index is 2.11. The lowest BCUT2D eigenvalue weighted by molar-refractivity contribution is 0.491. The number of halogens is 1. The Morgan fingerprint density at radius 1 is 1.07 bits per heavy atom. The van der Waals surface area contributed by atoms with Gasteiger partial charge in [0.05, 0.1) is 16.5 Å². The van der Waals surface area contributed by atoms with E-state index in [9.17, 15) is 13.7 Å². The van der Waals surface area contributed by atoms with E-state index in [0.29, 0.717) is 16.7 Å². The van der Waals surface area contributed by atoms with Crippen LogP contribution in [0.3, 0.4) is 0 Å². The number of nitrogens with zero attached hydrogens (tertiary/aromatic N) is 2. The molecule has 0 aliphatic heterocycles. The summed E-state index contributed by atoms with van der Waals surface area (Å²) in [5, 5.41) is 9.32. The highest BCUT2D eigenvalue weighted by atomic mass is 32.2. The van der Waals surface area contributed by atoms with Crippen LogP contribution in [-0.2, 0) is 10.0 Å². The third-order valence-electron chi connectivity index (χ3n) is 4.23. The zero-order valence-corrected chi connectivity index (χ0v) is 17.6. The predicted octanol–water partition coefficient (Wildman–Crippen LogP) is 4.09. The summed E-state index contributed by atoms with van der Waals surface area (Å²) in [7, 11) is -3.83. The average molecular weight is 425 g/mol. The minimum atomic E-state index is -3.83. The Labute approximate surface area is 175 Å². The second-order valence-electron chi connectivity index (χ2n) is 7.81. The van der Waals surface area contributed by atoms with Gasteiger partial charge in [0.25, 0.3) is 0 Å². The molecule has 2 aromatic carbocycles. The highest BCUT2D eigenvalue weighted by molar-refractivity contribution is 7.89. The standard InChI is InChI=1S/C22H21FN4O2S/c1-22(2,3)27-30(28,29)20-7-5-4-6-16(20)14-8-9-17(19(23)10-14)18-13-26-21(25)11-15(18)12-24/h4-11,13,27H,1-3H3,(H2,25,26). The molecule has 0 unspecified atom stereocenters. The SMILES string of the molecule is CC(C)(C)NS(=O)(=O)c1ccccc1-c1ccc(-c2cnc(N)cc2C#N)c(F)c1. The van der Waals surface area contributed by atoms with Crippen molar-refractivity contribution < 1.29 is 12.8 Å². The molecule has 1 aromatic heterocycles. The van der Waals surface area contributed by atoms with Crippen LogP contribution < -0.4 is 10.5 Å². The maximum absolute atomic E-state index is 15.0. The van der Waals surface area contributed by atoms with Gasteiger partial charge in [0, 0.05) is 28.4 Å². The molecule has 0 radical (unpaired) electrons. The third kappa shape index (κ3) is 4.48. The Bertz CT molecular complexity index is 1260. The van der Waals surface area contributed by atoms with E-state index in [2.05, 4.69) is 9.71 Å². The van der Waals surface area contributed by atoms with Gasteiger partial charge in [-0.05, 0) is 44.5 Å². The zero-order chi connectivity index (χ0) is 22.1. The van der Waals surface area contributed by atoms with Gasteiger partial charge in [0.1, 0.15) is 11.6 Å². The quantitative estimate of drug-likeness (QED) is 0.656. The summed E-state index contributed by atoms with van der Waals surface area (Å²) < 4.78 is 43.4. The molecule has 3 rings (SSSR count). The molecule has 0 saturated carbocycles. The first kappa shape index (κ1) is 21.4. The maximum atomic E-state index is 15.0. The molecule has 0 atom stereocenters. The van der Waals surface area contributed by atoms with E-state index in [1.807, 2.05) is 6.07 Å². The zero-order valence-electron chi connectivity index (χ0n) is 16.8. The number of nitrogens with one attached hydrogen (secondary N) is 1. The Kier molecular flexibility index (Phi) is 5.61. The number of nitrogens with two attached hydrogens (primary N) is 1. The van der Waals surface area contributed by atoms with Crippen LogP contribution in [0.1, 0.15) is 26.3 Å². The molecule has 3 N–H and O–H groups in total. The fraction of sp³-hybridized carbons (Fsp3) is 0.182. The van der Waals surface area contributed by atoms with Crippen LogP contribution in [0, 0.1) is 17.1 Å². The summed E-state index contributed by atoms with van der Waals surface area (Å²) in [6.45, 7) is 5.24. The number of nitrogen functional groups attached to an aromatic ring is 1. The van der Waals surface area contributed by atoms with E-state index in [-0.39, 0.29) is 21.8 Å². The minimum absolute atomic E-state index is 0.0546. The highest BCUT2D eigenvalue weighted by Crippen LogP contribution is 2.33. The first-order chi connectivity index (χ1) is 14.0. The average Bonchev–Trinajstić information content (AvgIpc) is 2.66. The number of anilines is 1. The molecule has 0 saturated heterocycles. The molecule has 154 valence electrons. The van der Waals surface area contributed by atoms with Crippen LogP contribution in [0.15, 0.2) is 59.6 Å². The Morgan fingerprint density at radius 3 is 2.40 bits per heavy atom. The van der Waals surface area contributed by atoms with Gasteiger partial charge < -0.3 is 5.73 Å². The fourth-order valence-corrected chi connectivity index (χ4v) is 4.73. The summed E-state index contributed by atoms with van der Waals surface area (Å²) in [6, 6.07) is 14.1. The lowest BCUT2D eigenvalue weighted by Gasteiger charge is -2.21. The van der Waals surface area contributed by atoms with E-state index in [1.54, 1.807) is 45.0 Å². The van der Waals surface area contributed by atoms with E-state index < -0.39 is 21.4 Å². The molecule has 6 nitrogen and oxygen atoms in total. The fourth-order valence-electron chi connectivity index (χ4n) is 3.08. The van der Waals surface area contributed by atoms with E-state index in [0.717, 1.165) is 0 Å². The monoisotopic (exact) mass is 424 g/mol. The molecule has 8 heteroatoms. The molecule has 0 amide bonds. The smallest absolute Gasteiger partial charge is 0.241 e. The molecule has 0 fully saturated rings. The summed E-state index contributed by atoms with van der Waals surface area (Å²) in [6.07, 6.45) is 1.34. The second-order valence-corrected chi connectivity index (χ2v) is 9.46. The number of nitriles is 1. The van der Waals surface area contributed by atoms with Crippen LogP contribution in [0.25, 0.3) is 22.3 Å². The van der Waals surface area contributed by atoms with E-state index in [4.69, 9.17) is 5.73 Å². The first-order valence-corrected chi connectivity index (χ1v) is 10.6. The molecular weight excluding hydrogens is 403 g/mol.